The van der Waals surface area contributed by atoms with Crippen LogP contribution in [0.2, 0.25) is 0 Å². The van der Waals surface area contributed by atoms with E-state index in [9.17, 15) is 4.79 Å². The van der Waals surface area contributed by atoms with Crippen molar-refractivity contribution in [3.63, 3.8) is 0 Å². The minimum absolute atomic E-state index is 0.0403. The molecule has 2 aliphatic heterocycles. The molecule has 2 aliphatic rings. The number of hydrogen-bond donors (Lipinski definition) is 1. The highest BCUT2D eigenvalue weighted by atomic mass is 16.6. The van der Waals surface area contributed by atoms with Crippen LogP contribution < -0.4 is 5.32 Å². The number of esters is 1. The Bertz CT molecular complexity index is 428. The Kier molecular flexibility index (Phi) is 2.82. The molecule has 1 fully saturated rings. The molecule has 4 heteroatoms. The maximum Gasteiger partial charge on any atom is 0.323 e. The highest BCUT2D eigenvalue weighted by molar-refractivity contribution is 5.77. The van der Waals surface area contributed by atoms with E-state index in [1.54, 1.807) is 0 Å². The number of ether oxygens (including phenoxy) is 2. The third kappa shape index (κ3) is 2.18. The lowest BCUT2D eigenvalue weighted by Gasteiger charge is -2.30. The normalized spacial score (nSPS) is 23.6. The van der Waals surface area contributed by atoms with Gasteiger partial charge in [-0.25, -0.2) is 0 Å². The molecule has 0 unspecified atom stereocenters. The molecule has 17 heavy (non-hydrogen) atoms. The number of carbonyl (C=O) groups excluding carboxylic acids is 1. The molecule has 0 spiro atoms. The summed E-state index contributed by atoms with van der Waals surface area (Å²) in [5.74, 6) is -0.159. The minimum Gasteiger partial charge on any atom is -0.456 e. The van der Waals surface area contributed by atoms with Gasteiger partial charge in [0.05, 0.1) is 13.2 Å². The van der Waals surface area contributed by atoms with Gasteiger partial charge in [-0.3, -0.25) is 4.79 Å². The third-order valence-corrected chi connectivity index (χ3v) is 3.26. The Morgan fingerprint density at radius 3 is 2.76 bits per heavy atom. The zero-order valence-electron chi connectivity index (χ0n) is 9.52. The molecule has 1 aromatic carbocycles. The van der Waals surface area contributed by atoms with E-state index in [-0.39, 0.29) is 18.1 Å². The zero-order valence-corrected chi connectivity index (χ0v) is 9.52. The van der Waals surface area contributed by atoms with Gasteiger partial charge in [0, 0.05) is 6.54 Å². The molecule has 0 saturated carbocycles. The summed E-state index contributed by atoms with van der Waals surface area (Å²) in [4.78, 5) is 11.9. The molecule has 0 bridgehead atoms. The molecule has 0 aromatic heterocycles. The maximum atomic E-state index is 11.9. The Labute approximate surface area is 99.9 Å². The summed E-state index contributed by atoms with van der Waals surface area (Å²) in [6, 6.07) is 7.97. The first-order valence-electron chi connectivity index (χ1n) is 5.91. The van der Waals surface area contributed by atoms with Crippen LogP contribution in [0.5, 0.6) is 0 Å². The van der Waals surface area contributed by atoms with Crippen LogP contribution in [-0.2, 0) is 27.2 Å². The van der Waals surface area contributed by atoms with Gasteiger partial charge >= 0.3 is 5.97 Å². The Morgan fingerprint density at radius 2 is 2.06 bits per heavy atom. The average molecular weight is 233 g/mol. The highest BCUT2D eigenvalue weighted by Gasteiger charge is 2.29. The summed E-state index contributed by atoms with van der Waals surface area (Å²) in [5, 5.41) is 3.21. The first-order chi connectivity index (χ1) is 8.33. The summed E-state index contributed by atoms with van der Waals surface area (Å²) >= 11 is 0. The third-order valence-electron chi connectivity index (χ3n) is 3.26. The van der Waals surface area contributed by atoms with E-state index in [0.29, 0.717) is 19.6 Å². The van der Waals surface area contributed by atoms with Crippen LogP contribution >= 0.6 is 0 Å². The minimum atomic E-state index is -0.217. The molecule has 1 N–H and O–H groups in total. The number of benzene rings is 1. The van der Waals surface area contributed by atoms with Gasteiger partial charge in [-0.15, -0.1) is 0 Å². The van der Waals surface area contributed by atoms with Gasteiger partial charge in [-0.1, -0.05) is 24.3 Å². The van der Waals surface area contributed by atoms with Crippen LogP contribution in [0.15, 0.2) is 24.3 Å². The van der Waals surface area contributed by atoms with E-state index < -0.39 is 0 Å². The smallest absolute Gasteiger partial charge is 0.323 e. The van der Waals surface area contributed by atoms with Crippen molar-refractivity contribution < 1.29 is 14.3 Å². The van der Waals surface area contributed by atoms with E-state index in [4.69, 9.17) is 9.47 Å². The van der Waals surface area contributed by atoms with Gasteiger partial charge in [-0.2, -0.15) is 0 Å². The molecule has 4 nitrogen and oxygen atoms in total. The van der Waals surface area contributed by atoms with Crippen LogP contribution in [0.25, 0.3) is 0 Å². The quantitative estimate of drug-likeness (QED) is 0.762. The second-order valence-corrected chi connectivity index (χ2v) is 4.50. The number of carbonyl (C=O) groups is 1. The lowest BCUT2D eigenvalue weighted by molar-refractivity contribution is -0.174. The van der Waals surface area contributed by atoms with Crippen LogP contribution in [-0.4, -0.2) is 31.3 Å². The predicted molar refractivity (Wildman–Crippen MR) is 61.5 cm³/mol. The summed E-state index contributed by atoms with van der Waals surface area (Å²) in [5.41, 5.74) is 2.50. The lowest BCUT2D eigenvalue weighted by atomic mass is 9.96. The van der Waals surface area contributed by atoms with Crippen molar-refractivity contribution in [1.29, 1.82) is 0 Å². The number of rotatable bonds is 2. The lowest BCUT2D eigenvalue weighted by Crippen LogP contribution is -2.47. The molecular weight excluding hydrogens is 218 g/mol. The van der Waals surface area contributed by atoms with Gasteiger partial charge in [0.15, 0.2) is 0 Å². The van der Waals surface area contributed by atoms with Gasteiger partial charge in [0.1, 0.15) is 12.1 Å². The van der Waals surface area contributed by atoms with Gasteiger partial charge in [0.25, 0.3) is 0 Å². The molecule has 0 amide bonds. The largest absolute Gasteiger partial charge is 0.456 e. The second kappa shape index (κ2) is 4.47. The van der Waals surface area contributed by atoms with Crippen molar-refractivity contribution in [2.75, 3.05) is 13.2 Å². The van der Waals surface area contributed by atoms with Crippen molar-refractivity contribution in [2.24, 2.45) is 0 Å². The van der Waals surface area contributed by atoms with Crippen LogP contribution in [0.4, 0.5) is 0 Å². The molecule has 1 saturated heterocycles. The van der Waals surface area contributed by atoms with Crippen molar-refractivity contribution in [2.45, 2.75) is 25.1 Å². The molecule has 90 valence electrons. The molecule has 0 aliphatic carbocycles. The fraction of sp³-hybridized carbons (Fsp3) is 0.462. The SMILES string of the molecule is O=C(OC1COC1)[C@H]1Cc2ccccc2CN1. The fourth-order valence-electron chi connectivity index (χ4n) is 2.15. The summed E-state index contributed by atoms with van der Waals surface area (Å²) in [7, 11) is 0. The number of fused-ring (bicyclic) bond motifs is 1. The van der Waals surface area contributed by atoms with Gasteiger partial charge < -0.3 is 14.8 Å². The fourth-order valence-corrected chi connectivity index (χ4v) is 2.15. The first kappa shape index (κ1) is 10.7. The van der Waals surface area contributed by atoms with Crippen molar-refractivity contribution in [1.82, 2.24) is 5.32 Å². The molecule has 3 rings (SSSR count). The Balaban J connectivity index is 1.64. The molecule has 2 heterocycles. The van der Waals surface area contributed by atoms with E-state index in [2.05, 4.69) is 17.4 Å². The Morgan fingerprint density at radius 1 is 1.29 bits per heavy atom. The van der Waals surface area contributed by atoms with Crippen molar-refractivity contribution in [3.8, 4) is 0 Å². The second-order valence-electron chi connectivity index (χ2n) is 4.50. The van der Waals surface area contributed by atoms with Gasteiger partial charge in [-0.05, 0) is 17.5 Å². The van der Waals surface area contributed by atoms with E-state index in [1.807, 2.05) is 12.1 Å². The van der Waals surface area contributed by atoms with Crippen molar-refractivity contribution in [3.05, 3.63) is 35.4 Å². The summed E-state index contributed by atoms with van der Waals surface area (Å²) in [6.07, 6.45) is 0.671. The summed E-state index contributed by atoms with van der Waals surface area (Å²) < 4.78 is 10.3. The van der Waals surface area contributed by atoms with E-state index in [1.165, 1.54) is 11.1 Å². The molecule has 1 atom stereocenters. The Hall–Kier alpha value is -1.39. The van der Waals surface area contributed by atoms with Gasteiger partial charge in [0.2, 0.25) is 0 Å². The highest BCUT2D eigenvalue weighted by Crippen LogP contribution is 2.17. The zero-order chi connectivity index (χ0) is 11.7. The van der Waals surface area contributed by atoms with E-state index in [0.717, 1.165) is 6.54 Å². The summed E-state index contributed by atoms with van der Waals surface area (Å²) in [6.45, 7) is 1.81. The molecule has 0 radical (unpaired) electrons. The first-order valence-corrected chi connectivity index (χ1v) is 5.91. The maximum absolute atomic E-state index is 11.9. The number of hydrogen-bond acceptors (Lipinski definition) is 4. The topological polar surface area (TPSA) is 47.6 Å². The van der Waals surface area contributed by atoms with Crippen LogP contribution in [0.1, 0.15) is 11.1 Å². The molecular formula is C13H15NO3. The van der Waals surface area contributed by atoms with Crippen LogP contribution in [0.3, 0.4) is 0 Å². The standard InChI is InChI=1S/C13H15NO3/c15-13(17-11-7-16-8-11)12-5-9-3-1-2-4-10(9)6-14-12/h1-4,11-12,14H,5-8H2/t12-/m1/s1. The molecule has 1 aromatic rings. The van der Waals surface area contributed by atoms with Crippen LogP contribution in [0, 0.1) is 0 Å². The average Bonchev–Trinajstić information content (AvgIpc) is 2.33. The van der Waals surface area contributed by atoms with E-state index >= 15 is 0 Å². The predicted octanol–water partition coefficient (Wildman–Crippen LogP) is 0.643. The van der Waals surface area contributed by atoms with Crippen molar-refractivity contribution >= 4 is 5.97 Å². The number of nitrogens with one attached hydrogen (secondary N) is 1. The monoisotopic (exact) mass is 233 g/mol.